The van der Waals surface area contributed by atoms with Crippen molar-refractivity contribution in [1.82, 2.24) is 0 Å². The lowest BCUT2D eigenvalue weighted by atomic mass is 10.0. The summed E-state index contributed by atoms with van der Waals surface area (Å²) in [5.41, 5.74) is 0. The fraction of sp³-hybridized carbons (Fsp3) is 0.770. The Bertz CT molecular complexity index is 1520. The lowest BCUT2D eigenvalue weighted by molar-refractivity contribution is -0.167. The van der Waals surface area contributed by atoms with E-state index in [0.717, 1.165) is 109 Å². The highest BCUT2D eigenvalue weighted by Crippen LogP contribution is 2.18. The zero-order valence-electron chi connectivity index (χ0n) is 53.1. The fourth-order valence-electron chi connectivity index (χ4n) is 10.0. The van der Waals surface area contributed by atoms with Crippen LogP contribution in [0.1, 0.15) is 348 Å². The van der Waals surface area contributed by atoms with Crippen LogP contribution < -0.4 is 0 Å². The van der Waals surface area contributed by atoms with E-state index in [2.05, 4.69) is 106 Å². The summed E-state index contributed by atoms with van der Waals surface area (Å²) in [5, 5.41) is 0. The number of carbonyl (C=O) groups excluding carboxylic acids is 3. The minimum absolute atomic E-state index is 0.0828. The van der Waals surface area contributed by atoms with Gasteiger partial charge in [-0.1, -0.05) is 337 Å². The van der Waals surface area contributed by atoms with Gasteiger partial charge in [0.05, 0.1) is 0 Å². The summed E-state index contributed by atoms with van der Waals surface area (Å²) in [4.78, 5) is 38.4. The largest absolute Gasteiger partial charge is 0.462 e. The molecule has 6 nitrogen and oxygen atoms in total. The number of esters is 3. The van der Waals surface area contributed by atoms with Gasteiger partial charge in [0.1, 0.15) is 13.2 Å². The smallest absolute Gasteiger partial charge is 0.306 e. The van der Waals surface area contributed by atoms with Gasteiger partial charge in [-0.05, 0) is 77.0 Å². The van der Waals surface area contributed by atoms with E-state index in [1.807, 2.05) is 0 Å². The Labute approximate surface area is 496 Å². The average Bonchev–Trinajstić information content (AvgIpc) is 3.46. The van der Waals surface area contributed by atoms with Crippen molar-refractivity contribution in [2.45, 2.75) is 354 Å². The van der Waals surface area contributed by atoms with Crippen LogP contribution in [0, 0.1) is 0 Å². The fourth-order valence-corrected chi connectivity index (χ4v) is 10.0. The summed E-state index contributed by atoms with van der Waals surface area (Å²) in [6.07, 6.45) is 90.4. The molecule has 1 unspecified atom stereocenters. The highest BCUT2D eigenvalue weighted by molar-refractivity contribution is 5.71. The first-order chi connectivity index (χ1) is 39.5. The highest BCUT2D eigenvalue weighted by atomic mass is 16.6. The van der Waals surface area contributed by atoms with Gasteiger partial charge < -0.3 is 14.2 Å². The molecule has 0 aromatic carbocycles. The first kappa shape index (κ1) is 76.6. The van der Waals surface area contributed by atoms with Crippen molar-refractivity contribution in [2.24, 2.45) is 0 Å². The molecule has 462 valence electrons. The molecule has 0 aliphatic rings. The second-order valence-corrected chi connectivity index (χ2v) is 23.1. The first-order valence-corrected chi connectivity index (χ1v) is 34.6. The topological polar surface area (TPSA) is 78.9 Å². The van der Waals surface area contributed by atoms with Gasteiger partial charge in [0.2, 0.25) is 0 Å². The van der Waals surface area contributed by atoms with E-state index >= 15 is 0 Å². The lowest BCUT2D eigenvalue weighted by Gasteiger charge is -2.18. The van der Waals surface area contributed by atoms with Crippen LogP contribution in [-0.4, -0.2) is 37.2 Å². The number of hydrogen-bond acceptors (Lipinski definition) is 6. The molecule has 0 aromatic rings. The van der Waals surface area contributed by atoms with Gasteiger partial charge in [-0.3, -0.25) is 14.4 Å². The van der Waals surface area contributed by atoms with E-state index in [9.17, 15) is 14.4 Å². The maximum Gasteiger partial charge on any atom is 0.306 e. The van der Waals surface area contributed by atoms with Crippen molar-refractivity contribution in [2.75, 3.05) is 13.2 Å². The van der Waals surface area contributed by atoms with E-state index < -0.39 is 6.10 Å². The van der Waals surface area contributed by atoms with Crippen molar-refractivity contribution < 1.29 is 28.6 Å². The molecule has 0 heterocycles. The van der Waals surface area contributed by atoms with Crippen molar-refractivity contribution in [3.63, 3.8) is 0 Å². The minimum Gasteiger partial charge on any atom is -0.462 e. The van der Waals surface area contributed by atoms with E-state index in [-0.39, 0.29) is 31.1 Å². The van der Waals surface area contributed by atoms with E-state index in [4.69, 9.17) is 14.2 Å². The third-order valence-electron chi connectivity index (χ3n) is 15.2. The second-order valence-electron chi connectivity index (χ2n) is 23.1. The van der Waals surface area contributed by atoms with Crippen molar-refractivity contribution >= 4 is 17.9 Å². The van der Waals surface area contributed by atoms with Crippen molar-refractivity contribution in [1.29, 1.82) is 0 Å². The van der Waals surface area contributed by atoms with Crippen LogP contribution in [-0.2, 0) is 28.6 Å². The normalized spacial score (nSPS) is 12.6. The summed E-state index contributed by atoms with van der Waals surface area (Å²) < 4.78 is 16.9. The van der Waals surface area contributed by atoms with Crippen molar-refractivity contribution in [3.05, 3.63) is 85.1 Å². The van der Waals surface area contributed by atoms with Gasteiger partial charge in [0, 0.05) is 19.3 Å². The standard InChI is InChI=1S/C74H130O6/c1-4-7-10-13-16-19-22-25-27-29-31-33-35-37-39-41-43-45-47-49-52-55-58-61-64-67-73(76)79-70-71(69-78-72(75)66-63-60-57-54-51-24-21-18-15-12-9-6-3)80-74(77)68-65-62-59-56-53-50-48-46-44-42-40-38-36-34-32-30-28-26-23-20-17-14-11-8-5-2/h7,10,16,19,25,27,31,33,37,39,43,45,49,52,71H,4-6,8-9,11-15,17-18,20-24,26,28-30,32,34-36,38,40-42,44,46-48,50-51,53-70H2,1-3H3/b10-7-,19-16-,27-25-,33-31-,39-37-,45-43-,52-49-. The number of ether oxygens (including phenoxy) is 3. The quantitative estimate of drug-likeness (QED) is 0.0261. The van der Waals surface area contributed by atoms with Gasteiger partial charge >= 0.3 is 17.9 Å². The molecule has 0 fully saturated rings. The Morgan fingerprint density at radius 1 is 0.263 bits per heavy atom. The summed E-state index contributed by atoms with van der Waals surface area (Å²) in [6, 6.07) is 0. The van der Waals surface area contributed by atoms with Crippen molar-refractivity contribution in [3.8, 4) is 0 Å². The lowest BCUT2D eigenvalue weighted by Crippen LogP contribution is -2.30. The van der Waals surface area contributed by atoms with Gasteiger partial charge in [-0.2, -0.15) is 0 Å². The monoisotopic (exact) mass is 1110 g/mol. The molecule has 0 N–H and O–H groups in total. The number of hydrogen-bond donors (Lipinski definition) is 0. The highest BCUT2D eigenvalue weighted by Gasteiger charge is 2.19. The van der Waals surface area contributed by atoms with Crippen LogP contribution in [0.5, 0.6) is 0 Å². The van der Waals surface area contributed by atoms with Crippen LogP contribution in [0.3, 0.4) is 0 Å². The first-order valence-electron chi connectivity index (χ1n) is 34.6. The Morgan fingerprint density at radius 2 is 0.487 bits per heavy atom. The molecule has 0 aromatic heterocycles. The Morgan fingerprint density at radius 3 is 0.762 bits per heavy atom. The molecule has 0 saturated heterocycles. The van der Waals surface area contributed by atoms with Gasteiger partial charge in [0.15, 0.2) is 6.10 Å². The summed E-state index contributed by atoms with van der Waals surface area (Å²) in [5.74, 6) is -0.899. The molecule has 0 spiro atoms. The van der Waals surface area contributed by atoms with Crippen LogP contribution in [0.25, 0.3) is 0 Å². The molecule has 0 amide bonds. The summed E-state index contributed by atoms with van der Waals surface area (Å²) >= 11 is 0. The number of rotatable bonds is 63. The van der Waals surface area contributed by atoms with Gasteiger partial charge in [0.25, 0.3) is 0 Å². The maximum atomic E-state index is 12.9. The molecule has 0 aliphatic heterocycles. The van der Waals surface area contributed by atoms with E-state index in [1.165, 1.54) is 199 Å². The average molecular weight is 1120 g/mol. The molecular formula is C74H130O6. The zero-order valence-corrected chi connectivity index (χ0v) is 53.1. The second kappa shape index (κ2) is 68.1. The summed E-state index contributed by atoms with van der Waals surface area (Å²) in [6.45, 7) is 6.55. The molecule has 0 aliphatic carbocycles. The molecule has 0 bridgehead atoms. The predicted octanol–water partition coefficient (Wildman–Crippen LogP) is 23.8. The molecule has 1 atom stereocenters. The zero-order chi connectivity index (χ0) is 57.8. The molecule has 0 rings (SSSR count). The predicted molar refractivity (Wildman–Crippen MR) is 348 cm³/mol. The number of allylic oxidation sites excluding steroid dienone is 14. The number of carbonyl (C=O) groups is 3. The third kappa shape index (κ3) is 65.4. The SMILES string of the molecule is CC/C=C\C/C=C\C/C=C\C/C=C\C/C=C\C/C=C\C/C=C\CCCCCC(=O)OCC(COC(=O)CCCCCCCCCCCCCC)OC(=O)CCCCCCCCCCCCCCCCCCCCCCCCCCC. The minimum atomic E-state index is -0.789. The van der Waals surface area contributed by atoms with Crippen LogP contribution in [0.2, 0.25) is 0 Å². The molecule has 0 radical (unpaired) electrons. The molecule has 0 saturated carbocycles. The maximum absolute atomic E-state index is 12.9. The van der Waals surface area contributed by atoms with E-state index in [0.29, 0.717) is 19.3 Å². The van der Waals surface area contributed by atoms with E-state index in [1.54, 1.807) is 0 Å². The van der Waals surface area contributed by atoms with Crippen LogP contribution in [0.4, 0.5) is 0 Å². The summed E-state index contributed by atoms with van der Waals surface area (Å²) in [7, 11) is 0. The Balaban J connectivity index is 4.32. The van der Waals surface area contributed by atoms with Crippen LogP contribution in [0.15, 0.2) is 85.1 Å². The van der Waals surface area contributed by atoms with Crippen LogP contribution >= 0.6 is 0 Å². The van der Waals surface area contributed by atoms with Gasteiger partial charge in [-0.25, -0.2) is 0 Å². The Hall–Kier alpha value is -3.41. The molecule has 6 heteroatoms. The number of unbranched alkanes of at least 4 members (excludes halogenated alkanes) is 38. The van der Waals surface area contributed by atoms with Gasteiger partial charge in [-0.15, -0.1) is 0 Å². The third-order valence-corrected chi connectivity index (χ3v) is 15.2. The molecular weight excluding hydrogens is 985 g/mol. The molecule has 80 heavy (non-hydrogen) atoms. The Kier molecular flexibility index (Phi) is 65.2.